The average Bonchev–Trinajstić information content (AvgIpc) is 2.71. The van der Waals surface area contributed by atoms with Gasteiger partial charge in [-0.25, -0.2) is 0 Å². The summed E-state index contributed by atoms with van der Waals surface area (Å²) in [6, 6.07) is 0.610. The molecular formula is C12H26N2O2. The molecule has 1 N–H and O–H groups in total. The van der Waals surface area contributed by atoms with Crippen LogP contribution in [-0.2, 0) is 9.47 Å². The molecule has 3 atom stereocenters. The Hall–Kier alpha value is -0.160. The van der Waals surface area contributed by atoms with Crippen molar-refractivity contribution < 1.29 is 9.47 Å². The van der Waals surface area contributed by atoms with Gasteiger partial charge in [0.1, 0.15) is 0 Å². The van der Waals surface area contributed by atoms with Crippen molar-refractivity contribution in [3.63, 3.8) is 0 Å². The lowest BCUT2D eigenvalue weighted by Crippen LogP contribution is -2.27. The Morgan fingerprint density at radius 3 is 2.25 bits per heavy atom. The summed E-state index contributed by atoms with van der Waals surface area (Å²) in [4.78, 5) is 2.44. The quantitative estimate of drug-likeness (QED) is 0.699. The molecule has 0 aromatic carbocycles. The van der Waals surface area contributed by atoms with Gasteiger partial charge in [0.2, 0.25) is 0 Å². The Kier molecular flexibility index (Phi) is 6.28. The number of hydrogen-bond donors (Lipinski definition) is 1. The number of likely N-dealkylation sites (tertiary alicyclic amines) is 1. The van der Waals surface area contributed by atoms with E-state index in [1.54, 1.807) is 14.2 Å². The predicted octanol–water partition coefficient (Wildman–Crippen LogP) is 0.720. The van der Waals surface area contributed by atoms with Gasteiger partial charge in [0.15, 0.2) is 0 Å². The Bertz CT molecular complexity index is 178. The second kappa shape index (κ2) is 7.22. The molecule has 4 heteroatoms. The molecule has 0 radical (unpaired) electrons. The second-order valence-corrected chi connectivity index (χ2v) is 4.64. The first-order chi connectivity index (χ1) is 7.71. The average molecular weight is 230 g/mol. The van der Waals surface area contributed by atoms with Gasteiger partial charge in [-0.05, 0) is 33.4 Å². The maximum Gasteiger partial charge on any atom is 0.0971 e. The van der Waals surface area contributed by atoms with E-state index in [4.69, 9.17) is 9.47 Å². The summed E-state index contributed by atoms with van der Waals surface area (Å²) in [5.41, 5.74) is 0. The van der Waals surface area contributed by atoms with Crippen molar-refractivity contribution >= 4 is 0 Å². The monoisotopic (exact) mass is 230 g/mol. The standard InChI is InChI=1S/C12H26N2O2/c1-10(13-2)6-5-7-14-8-11(15-3)12(9-14)16-4/h10-13H,5-9H2,1-4H3. The minimum Gasteiger partial charge on any atom is -0.377 e. The molecular weight excluding hydrogens is 204 g/mol. The molecule has 0 aromatic heterocycles. The molecule has 1 aliphatic heterocycles. The molecule has 0 bridgehead atoms. The minimum atomic E-state index is 0.242. The van der Waals surface area contributed by atoms with E-state index < -0.39 is 0 Å². The molecule has 0 spiro atoms. The fraction of sp³-hybridized carbons (Fsp3) is 1.00. The fourth-order valence-corrected chi connectivity index (χ4v) is 2.22. The zero-order valence-electron chi connectivity index (χ0n) is 11.0. The number of ether oxygens (including phenoxy) is 2. The lowest BCUT2D eigenvalue weighted by molar-refractivity contribution is -0.00461. The number of methoxy groups -OCH3 is 2. The maximum atomic E-state index is 5.41. The van der Waals surface area contributed by atoms with Crippen LogP contribution in [0.4, 0.5) is 0 Å². The van der Waals surface area contributed by atoms with Gasteiger partial charge in [0, 0.05) is 33.4 Å². The van der Waals surface area contributed by atoms with Crippen molar-refractivity contribution in [1.29, 1.82) is 0 Å². The summed E-state index contributed by atoms with van der Waals surface area (Å²) in [5.74, 6) is 0. The Morgan fingerprint density at radius 1 is 1.25 bits per heavy atom. The smallest absolute Gasteiger partial charge is 0.0971 e. The zero-order chi connectivity index (χ0) is 12.0. The molecule has 96 valence electrons. The minimum absolute atomic E-state index is 0.242. The molecule has 0 aliphatic carbocycles. The van der Waals surface area contributed by atoms with Crippen LogP contribution in [0.2, 0.25) is 0 Å². The van der Waals surface area contributed by atoms with Crippen LogP contribution in [-0.4, -0.2) is 64.1 Å². The van der Waals surface area contributed by atoms with Gasteiger partial charge in [-0.1, -0.05) is 0 Å². The highest BCUT2D eigenvalue weighted by atomic mass is 16.5. The van der Waals surface area contributed by atoms with Crippen LogP contribution in [0.1, 0.15) is 19.8 Å². The van der Waals surface area contributed by atoms with Gasteiger partial charge in [-0.3, -0.25) is 4.90 Å². The van der Waals surface area contributed by atoms with E-state index >= 15 is 0 Å². The Balaban J connectivity index is 2.19. The van der Waals surface area contributed by atoms with Gasteiger partial charge in [-0.2, -0.15) is 0 Å². The summed E-state index contributed by atoms with van der Waals surface area (Å²) < 4.78 is 10.8. The van der Waals surface area contributed by atoms with Crippen LogP contribution in [0, 0.1) is 0 Å². The molecule has 0 aromatic rings. The number of nitrogens with one attached hydrogen (secondary N) is 1. The first-order valence-corrected chi connectivity index (χ1v) is 6.16. The molecule has 1 rings (SSSR count). The molecule has 3 unspecified atom stereocenters. The predicted molar refractivity (Wildman–Crippen MR) is 65.8 cm³/mol. The number of rotatable bonds is 7. The normalized spacial score (nSPS) is 28.5. The lowest BCUT2D eigenvalue weighted by Gasteiger charge is -2.16. The SMILES string of the molecule is CNC(C)CCCN1CC(OC)C(OC)C1. The Labute approximate surface area is 99.3 Å². The summed E-state index contributed by atoms with van der Waals surface area (Å²) in [6.07, 6.45) is 2.94. The topological polar surface area (TPSA) is 33.7 Å². The highest BCUT2D eigenvalue weighted by Crippen LogP contribution is 2.16. The van der Waals surface area contributed by atoms with Crippen LogP contribution in [0.15, 0.2) is 0 Å². The van der Waals surface area contributed by atoms with Crippen LogP contribution < -0.4 is 5.32 Å². The summed E-state index contributed by atoms with van der Waals surface area (Å²) >= 11 is 0. The van der Waals surface area contributed by atoms with Crippen LogP contribution in [0.3, 0.4) is 0 Å². The highest BCUT2D eigenvalue weighted by molar-refractivity contribution is 4.85. The van der Waals surface area contributed by atoms with Crippen molar-refractivity contribution in [1.82, 2.24) is 10.2 Å². The third-order valence-electron chi connectivity index (χ3n) is 3.50. The molecule has 0 saturated carbocycles. The molecule has 1 fully saturated rings. The first-order valence-electron chi connectivity index (χ1n) is 6.16. The highest BCUT2D eigenvalue weighted by Gasteiger charge is 2.32. The van der Waals surface area contributed by atoms with Gasteiger partial charge in [0.25, 0.3) is 0 Å². The van der Waals surface area contributed by atoms with Crippen molar-refractivity contribution in [3.05, 3.63) is 0 Å². The van der Waals surface area contributed by atoms with E-state index in [-0.39, 0.29) is 12.2 Å². The van der Waals surface area contributed by atoms with Crippen molar-refractivity contribution in [2.45, 2.75) is 38.0 Å². The number of nitrogens with zero attached hydrogens (tertiary/aromatic N) is 1. The third kappa shape index (κ3) is 4.01. The lowest BCUT2D eigenvalue weighted by atomic mass is 10.2. The van der Waals surface area contributed by atoms with Crippen LogP contribution in [0.25, 0.3) is 0 Å². The van der Waals surface area contributed by atoms with Gasteiger partial charge < -0.3 is 14.8 Å². The fourth-order valence-electron chi connectivity index (χ4n) is 2.22. The molecule has 1 aliphatic rings. The second-order valence-electron chi connectivity index (χ2n) is 4.64. The zero-order valence-corrected chi connectivity index (χ0v) is 11.0. The van der Waals surface area contributed by atoms with E-state index in [0.29, 0.717) is 6.04 Å². The van der Waals surface area contributed by atoms with E-state index in [0.717, 1.165) is 19.6 Å². The summed E-state index contributed by atoms with van der Waals surface area (Å²) in [6.45, 7) is 5.37. The van der Waals surface area contributed by atoms with E-state index in [1.165, 1.54) is 12.8 Å². The van der Waals surface area contributed by atoms with Crippen molar-refractivity contribution in [2.75, 3.05) is 40.9 Å². The number of hydrogen-bond acceptors (Lipinski definition) is 4. The molecule has 1 heterocycles. The molecule has 4 nitrogen and oxygen atoms in total. The first kappa shape index (κ1) is 13.9. The largest absolute Gasteiger partial charge is 0.377 e. The van der Waals surface area contributed by atoms with Gasteiger partial charge in [0.05, 0.1) is 12.2 Å². The van der Waals surface area contributed by atoms with Crippen molar-refractivity contribution in [2.24, 2.45) is 0 Å². The van der Waals surface area contributed by atoms with Crippen LogP contribution >= 0.6 is 0 Å². The summed E-state index contributed by atoms with van der Waals surface area (Å²) in [5, 5.41) is 3.26. The molecule has 1 saturated heterocycles. The Morgan fingerprint density at radius 2 is 1.81 bits per heavy atom. The van der Waals surface area contributed by atoms with Gasteiger partial charge >= 0.3 is 0 Å². The summed E-state index contributed by atoms with van der Waals surface area (Å²) in [7, 11) is 5.55. The van der Waals surface area contributed by atoms with E-state index in [9.17, 15) is 0 Å². The van der Waals surface area contributed by atoms with Crippen LogP contribution in [0.5, 0.6) is 0 Å². The van der Waals surface area contributed by atoms with Gasteiger partial charge in [-0.15, -0.1) is 0 Å². The molecule has 0 amide bonds. The van der Waals surface area contributed by atoms with E-state index in [1.807, 2.05) is 7.05 Å². The third-order valence-corrected chi connectivity index (χ3v) is 3.50. The maximum absolute atomic E-state index is 5.41. The van der Waals surface area contributed by atoms with E-state index in [2.05, 4.69) is 17.1 Å². The van der Waals surface area contributed by atoms with Crippen molar-refractivity contribution in [3.8, 4) is 0 Å². The molecule has 16 heavy (non-hydrogen) atoms.